The first-order chi connectivity index (χ1) is 7.09. The minimum Gasteiger partial charge on any atom is -0.436 e. The Kier molecular flexibility index (Phi) is 5.85. The van der Waals surface area contributed by atoms with Gasteiger partial charge in [0.05, 0.1) is 16.9 Å². The number of hydroxylamine groups is 2. The summed E-state index contributed by atoms with van der Waals surface area (Å²) in [7, 11) is -1.30. The third-order valence-electron chi connectivity index (χ3n) is 1.46. The SMILES string of the molecule is C=CC([SiH2]O)N(OC(C)(C)C)OC(C)(C)C. The van der Waals surface area contributed by atoms with Crippen molar-refractivity contribution in [1.82, 2.24) is 5.23 Å². The molecule has 4 nitrogen and oxygen atoms in total. The van der Waals surface area contributed by atoms with Gasteiger partial charge in [-0.3, -0.25) is 9.68 Å². The summed E-state index contributed by atoms with van der Waals surface area (Å²) >= 11 is 0. The van der Waals surface area contributed by atoms with E-state index in [9.17, 15) is 4.80 Å². The van der Waals surface area contributed by atoms with Gasteiger partial charge in [-0.15, -0.1) is 6.58 Å². The molecule has 0 heterocycles. The Morgan fingerprint density at radius 1 is 1.12 bits per heavy atom. The summed E-state index contributed by atoms with van der Waals surface area (Å²) in [5.74, 6) is 0. The monoisotopic (exact) mass is 247 g/mol. The van der Waals surface area contributed by atoms with Crippen molar-refractivity contribution < 1.29 is 14.5 Å². The Morgan fingerprint density at radius 2 is 1.50 bits per heavy atom. The fourth-order valence-electron chi connectivity index (χ4n) is 0.921. The van der Waals surface area contributed by atoms with Crippen molar-refractivity contribution >= 4 is 9.76 Å². The lowest BCUT2D eigenvalue weighted by atomic mass is 10.2. The van der Waals surface area contributed by atoms with E-state index in [-0.39, 0.29) is 16.9 Å². The third-order valence-corrected chi connectivity index (χ3v) is 2.46. The summed E-state index contributed by atoms with van der Waals surface area (Å²) in [6.07, 6.45) is 1.66. The maximum absolute atomic E-state index is 9.36. The van der Waals surface area contributed by atoms with E-state index in [1.54, 1.807) is 6.08 Å². The highest BCUT2D eigenvalue weighted by Gasteiger charge is 2.28. The molecule has 0 spiro atoms. The first kappa shape index (κ1) is 15.8. The Morgan fingerprint density at radius 3 is 1.69 bits per heavy atom. The van der Waals surface area contributed by atoms with Crippen LogP contribution in [0.2, 0.25) is 0 Å². The van der Waals surface area contributed by atoms with Gasteiger partial charge in [0.1, 0.15) is 0 Å². The molecule has 0 rings (SSSR count). The Hall–Kier alpha value is -0.203. The fraction of sp³-hybridized carbons (Fsp3) is 0.818. The highest BCUT2D eigenvalue weighted by atomic mass is 28.2. The van der Waals surface area contributed by atoms with Gasteiger partial charge in [-0.1, -0.05) is 11.3 Å². The molecule has 0 saturated heterocycles. The second-order valence-electron chi connectivity index (χ2n) is 5.68. The maximum atomic E-state index is 9.36. The zero-order chi connectivity index (χ0) is 13.0. The molecule has 0 saturated carbocycles. The number of nitrogens with zero attached hydrogens (tertiary/aromatic N) is 1. The Bertz CT molecular complexity index is 204. The topological polar surface area (TPSA) is 41.9 Å². The van der Waals surface area contributed by atoms with Crippen LogP contribution < -0.4 is 0 Å². The van der Waals surface area contributed by atoms with E-state index >= 15 is 0 Å². The van der Waals surface area contributed by atoms with E-state index in [1.807, 2.05) is 41.5 Å². The van der Waals surface area contributed by atoms with E-state index in [0.717, 1.165) is 0 Å². The van der Waals surface area contributed by atoms with Crippen molar-refractivity contribution in [3.8, 4) is 0 Å². The average molecular weight is 247 g/mol. The van der Waals surface area contributed by atoms with E-state index in [4.69, 9.17) is 9.68 Å². The second-order valence-corrected chi connectivity index (χ2v) is 6.88. The van der Waals surface area contributed by atoms with Gasteiger partial charge in [0.15, 0.2) is 9.76 Å². The molecule has 0 aliphatic rings. The fourth-order valence-corrected chi connectivity index (χ4v) is 1.35. The van der Waals surface area contributed by atoms with Crippen LogP contribution in [-0.2, 0) is 9.68 Å². The molecule has 1 atom stereocenters. The Balaban J connectivity index is 4.69. The molecule has 0 aliphatic carbocycles. The van der Waals surface area contributed by atoms with Crippen LogP contribution in [0.1, 0.15) is 41.5 Å². The molecule has 0 fully saturated rings. The predicted octanol–water partition coefficient (Wildman–Crippen LogP) is 1.34. The van der Waals surface area contributed by atoms with Crippen molar-refractivity contribution in [2.24, 2.45) is 0 Å². The summed E-state index contributed by atoms with van der Waals surface area (Å²) in [4.78, 5) is 20.7. The van der Waals surface area contributed by atoms with Crippen molar-refractivity contribution in [1.29, 1.82) is 0 Å². The van der Waals surface area contributed by atoms with Gasteiger partial charge in [0.2, 0.25) is 0 Å². The molecule has 0 aliphatic heterocycles. The molecule has 0 aromatic rings. The van der Waals surface area contributed by atoms with E-state index in [2.05, 4.69) is 6.58 Å². The standard InChI is InChI=1S/C11H25NO3Si/c1-8-9(16-13)12(14-10(2,3)4)15-11(5,6)7/h8-9,13H,1,16H2,2-7H3. The van der Waals surface area contributed by atoms with E-state index in [0.29, 0.717) is 0 Å². The largest absolute Gasteiger partial charge is 0.436 e. The van der Waals surface area contributed by atoms with Crippen LogP contribution in [0, 0.1) is 0 Å². The first-order valence-electron chi connectivity index (χ1n) is 5.50. The molecule has 16 heavy (non-hydrogen) atoms. The highest BCUT2D eigenvalue weighted by Crippen LogP contribution is 2.19. The van der Waals surface area contributed by atoms with Gasteiger partial charge in [0.25, 0.3) is 0 Å². The molecule has 0 bridgehead atoms. The molecule has 0 radical (unpaired) electrons. The van der Waals surface area contributed by atoms with Gasteiger partial charge < -0.3 is 4.80 Å². The van der Waals surface area contributed by atoms with Crippen LogP contribution in [-0.4, -0.2) is 36.7 Å². The van der Waals surface area contributed by atoms with Gasteiger partial charge in [-0.05, 0) is 41.5 Å². The normalized spacial score (nSPS) is 16.0. The zero-order valence-corrected chi connectivity index (χ0v) is 12.7. The van der Waals surface area contributed by atoms with Crippen LogP contribution >= 0.6 is 0 Å². The van der Waals surface area contributed by atoms with Crippen LogP contribution in [0.5, 0.6) is 0 Å². The van der Waals surface area contributed by atoms with Crippen molar-refractivity contribution in [2.75, 3.05) is 0 Å². The van der Waals surface area contributed by atoms with Crippen LogP contribution in [0.15, 0.2) is 12.7 Å². The molecular weight excluding hydrogens is 222 g/mol. The van der Waals surface area contributed by atoms with Crippen LogP contribution in [0.4, 0.5) is 0 Å². The summed E-state index contributed by atoms with van der Waals surface area (Å²) in [5, 5.41) is 1.39. The van der Waals surface area contributed by atoms with Crippen molar-refractivity contribution in [3.63, 3.8) is 0 Å². The minimum absolute atomic E-state index is 0.238. The first-order valence-corrected chi connectivity index (χ1v) is 6.95. The lowest BCUT2D eigenvalue weighted by Gasteiger charge is -2.36. The lowest BCUT2D eigenvalue weighted by Crippen LogP contribution is -2.46. The lowest BCUT2D eigenvalue weighted by molar-refractivity contribution is -0.431. The van der Waals surface area contributed by atoms with Crippen LogP contribution in [0.3, 0.4) is 0 Å². The summed E-state index contributed by atoms with van der Waals surface area (Å²) in [6.45, 7) is 15.3. The molecule has 1 unspecified atom stereocenters. The second kappa shape index (κ2) is 5.93. The zero-order valence-electron chi connectivity index (χ0n) is 11.3. The molecule has 0 aromatic carbocycles. The van der Waals surface area contributed by atoms with Crippen molar-refractivity contribution in [3.05, 3.63) is 12.7 Å². The maximum Gasteiger partial charge on any atom is 0.183 e. The Labute approximate surface area is 101 Å². The minimum atomic E-state index is -1.30. The van der Waals surface area contributed by atoms with Crippen molar-refractivity contribution in [2.45, 2.75) is 58.4 Å². The quantitative estimate of drug-likeness (QED) is 0.452. The molecule has 1 N–H and O–H groups in total. The third kappa shape index (κ3) is 7.13. The van der Waals surface area contributed by atoms with Gasteiger partial charge in [0, 0.05) is 0 Å². The number of hydrogen-bond donors (Lipinski definition) is 1. The summed E-state index contributed by atoms with van der Waals surface area (Å²) in [5.41, 5.74) is -0.968. The molecule has 5 heteroatoms. The van der Waals surface area contributed by atoms with Gasteiger partial charge >= 0.3 is 0 Å². The summed E-state index contributed by atoms with van der Waals surface area (Å²) in [6, 6.07) is 0. The van der Waals surface area contributed by atoms with Crippen LogP contribution in [0.25, 0.3) is 0 Å². The molecule has 0 aromatic heterocycles. The highest BCUT2D eigenvalue weighted by molar-refractivity contribution is 6.28. The number of hydrogen-bond acceptors (Lipinski definition) is 4. The summed E-state index contributed by atoms with van der Waals surface area (Å²) < 4.78 is 0. The number of rotatable bonds is 5. The molecule has 0 amide bonds. The molecular formula is C11H25NO3Si. The molecule has 96 valence electrons. The van der Waals surface area contributed by atoms with Gasteiger partial charge in [-0.25, -0.2) is 0 Å². The van der Waals surface area contributed by atoms with Gasteiger partial charge in [-0.2, -0.15) is 0 Å². The van der Waals surface area contributed by atoms with E-state index in [1.165, 1.54) is 5.23 Å². The average Bonchev–Trinajstić information content (AvgIpc) is 1.99. The smallest absolute Gasteiger partial charge is 0.183 e. The predicted molar refractivity (Wildman–Crippen MR) is 68.3 cm³/mol. The van der Waals surface area contributed by atoms with E-state index < -0.39 is 9.76 Å².